The summed E-state index contributed by atoms with van der Waals surface area (Å²) in [6.07, 6.45) is 0. The molecule has 0 saturated carbocycles. The first-order valence-electron chi connectivity index (χ1n) is 5.42. The van der Waals surface area contributed by atoms with Gasteiger partial charge in [0.15, 0.2) is 0 Å². The third-order valence-corrected chi connectivity index (χ3v) is 3.92. The molecule has 0 N–H and O–H groups in total. The van der Waals surface area contributed by atoms with E-state index in [0.717, 1.165) is 0 Å². The predicted octanol–water partition coefficient (Wildman–Crippen LogP) is 2.94. The number of ether oxygens (including phenoxy) is 1. The second-order valence-corrected chi connectivity index (χ2v) is 7.10. The van der Waals surface area contributed by atoms with E-state index in [9.17, 15) is 9.59 Å². The van der Waals surface area contributed by atoms with Gasteiger partial charge in [0.25, 0.3) is 0 Å². The van der Waals surface area contributed by atoms with Crippen LogP contribution in [-0.2, 0) is 9.53 Å². The van der Waals surface area contributed by atoms with Crippen LogP contribution in [0.1, 0.15) is 31.1 Å². The molecule has 5 heteroatoms. The van der Waals surface area contributed by atoms with E-state index in [1.54, 1.807) is 45.0 Å². The monoisotopic (exact) mass is 334 g/mol. The normalized spacial score (nSPS) is 11.1. The van der Waals surface area contributed by atoms with Crippen molar-refractivity contribution in [3.63, 3.8) is 0 Å². The number of hydrogen-bond donors (Lipinski definition) is 0. The molecule has 0 atom stereocenters. The van der Waals surface area contributed by atoms with Gasteiger partial charge in [0.05, 0.1) is 0 Å². The van der Waals surface area contributed by atoms with Gasteiger partial charge >= 0.3 is 118 Å². The second-order valence-electron chi connectivity index (χ2n) is 4.67. The second kappa shape index (κ2) is 6.37. The molecule has 18 heavy (non-hydrogen) atoms. The van der Waals surface area contributed by atoms with Crippen LogP contribution in [-0.4, -0.2) is 31.2 Å². The quantitative estimate of drug-likeness (QED) is 0.628. The summed E-state index contributed by atoms with van der Waals surface area (Å²) in [6, 6.07) is 6.67. The number of rotatable bonds is 4. The third-order valence-electron chi connectivity index (χ3n) is 1.82. The zero-order valence-electron chi connectivity index (χ0n) is 10.5. The molecule has 0 saturated heterocycles. The Kier molecular flexibility index (Phi) is 5.39. The van der Waals surface area contributed by atoms with Gasteiger partial charge in [0, 0.05) is 0 Å². The maximum atomic E-state index is 11.8. The molecule has 0 fully saturated rings. The van der Waals surface area contributed by atoms with Crippen molar-refractivity contribution in [3.05, 3.63) is 34.9 Å². The van der Waals surface area contributed by atoms with E-state index in [-0.39, 0.29) is 16.0 Å². The molecule has 0 aromatic heterocycles. The Labute approximate surface area is 118 Å². The average Bonchev–Trinajstić information content (AvgIpc) is 2.24. The van der Waals surface area contributed by atoms with Crippen LogP contribution in [0.4, 0.5) is 0 Å². The molecular formula is C13H15ClO3Se. The predicted molar refractivity (Wildman–Crippen MR) is 72.2 cm³/mol. The number of carbonyl (C=O) groups excluding carboxylic acids is 2. The number of hydrogen-bond acceptors (Lipinski definition) is 3. The molecule has 0 aliphatic heterocycles. The molecular weight excluding hydrogens is 319 g/mol. The Bertz CT molecular complexity index is 435. The average molecular weight is 334 g/mol. The van der Waals surface area contributed by atoms with Crippen molar-refractivity contribution in [3.8, 4) is 0 Å². The van der Waals surface area contributed by atoms with Crippen LogP contribution in [0.15, 0.2) is 24.3 Å². The van der Waals surface area contributed by atoms with Crippen LogP contribution in [0.25, 0.3) is 0 Å². The van der Waals surface area contributed by atoms with Gasteiger partial charge < -0.3 is 0 Å². The summed E-state index contributed by atoms with van der Waals surface area (Å²) in [4.78, 5) is 23.3. The molecule has 1 aromatic rings. The summed E-state index contributed by atoms with van der Waals surface area (Å²) in [5.41, 5.74) is 0.0826. The molecule has 0 heterocycles. The summed E-state index contributed by atoms with van der Waals surface area (Å²) in [7, 11) is 0. The standard InChI is InChI=1S/C13H15ClO3Se/c1-13(2,3)17-11(15)8-18-12(16)9-4-6-10(14)7-5-9/h4-7H,8H2,1-3H3. The summed E-state index contributed by atoms with van der Waals surface area (Å²) in [5.74, 6) is -0.329. The molecule has 0 unspecified atom stereocenters. The first-order valence-corrected chi connectivity index (χ1v) is 7.87. The molecule has 0 spiro atoms. The van der Waals surface area contributed by atoms with E-state index < -0.39 is 20.6 Å². The summed E-state index contributed by atoms with van der Waals surface area (Å²) in [6.45, 7) is 5.41. The third kappa shape index (κ3) is 5.67. The van der Waals surface area contributed by atoms with Gasteiger partial charge in [-0.3, -0.25) is 0 Å². The molecule has 0 bridgehead atoms. The summed E-state index contributed by atoms with van der Waals surface area (Å²) in [5, 5.41) is 0.748. The van der Waals surface area contributed by atoms with Crippen molar-refractivity contribution in [2.24, 2.45) is 0 Å². The van der Waals surface area contributed by atoms with E-state index >= 15 is 0 Å². The van der Waals surface area contributed by atoms with Crippen molar-refractivity contribution in [1.29, 1.82) is 0 Å². The first-order chi connectivity index (χ1) is 8.28. The fraction of sp³-hybridized carbons (Fsp3) is 0.385. The van der Waals surface area contributed by atoms with Crippen molar-refractivity contribution in [1.82, 2.24) is 0 Å². The minimum atomic E-state index is -0.503. The first kappa shape index (κ1) is 15.2. The van der Waals surface area contributed by atoms with E-state index in [1.165, 1.54) is 0 Å². The Morgan fingerprint density at radius 1 is 1.22 bits per heavy atom. The number of esters is 1. The molecule has 0 amide bonds. The van der Waals surface area contributed by atoms with Gasteiger partial charge in [-0.15, -0.1) is 0 Å². The zero-order valence-corrected chi connectivity index (χ0v) is 13.0. The number of benzene rings is 1. The van der Waals surface area contributed by atoms with E-state index in [4.69, 9.17) is 16.3 Å². The van der Waals surface area contributed by atoms with Crippen LogP contribution in [0, 0.1) is 0 Å². The van der Waals surface area contributed by atoms with Gasteiger partial charge in [-0.05, 0) is 0 Å². The van der Waals surface area contributed by atoms with Crippen LogP contribution < -0.4 is 0 Å². The zero-order chi connectivity index (χ0) is 13.8. The maximum absolute atomic E-state index is 11.8. The van der Waals surface area contributed by atoms with E-state index in [2.05, 4.69) is 0 Å². The summed E-state index contributed by atoms with van der Waals surface area (Å²) < 4.78 is 5.12. The Hall–Kier alpha value is -0.831. The topological polar surface area (TPSA) is 43.4 Å². The van der Waals surface area contributed by atoms with Gasteiger partial charge in [-0.2, -0.15) is 0 Å². The molecule has 1 rings (SSSR count). The fourth-order valence-electron chi connectivity index (χ4n) is 1.16. The van der Waals surface area contributed by atoms with Gasteiger partial charge in [0.1, 0.15) is 0 Å². The van der Waals surface area contributed by atoms with Crippen LogP contribution in [0.3, 0.4) is 0 Å². The minimum absolute atomic E-state index is 0.0231. The van der Waals surface area contributed by atoms with Crippen LogP contribution in [0.2, 0.25) is 10.3 Å². The van der Waals surface area contributed by atoms with Gasteiger partial charge in [0.2, 0.25) is 0 Å². The van der Waals surface area contributed by atoms with Crippen molar-refractivity contribution in [2.75, 3.05) is 0 Å². The van der Waals surface area contributed by atoms with E-state index in [1.807, 2.05) is 0 Å². The van der Waals surface area contributed by atoms with Gasteiger partial charge in [-0.25, -0.2) is 0 Å². The molecule has 0 aliphatic rings. The Morgan fingerprint density at radius 3 is 2.28 bits per heavy atom. The molecule has 1 aromatic carbocycles. The van der Waals surface area contributed by atoms with Crippen molar-refractivity contribution >= 4 is 37.2 Å². The SMILES string of the molecule is CC(C)(C)OC(=O)C[Se]C(=O)c1ccc(Cl)cc1. The number of carbonyl (C=O) groups is 2. The summed E-state index contributed by atoms with van der Waals surface area (Å²) >= 11 is 5.30. The molecule has 0 aliphatic carbocycles. The van der Waals surface area contributed by atoms with Crippen molar-refractivity contribution in [2.45, 2.75) is 31.7 Å². The molecule has 98 valence electrons. The van der Waals surface area contributed by atoms with Crippen LogP contribution >= 0.6 is 11.6 Å². The molecule has 0 radical (unpaired) electrons. The molecule has 3 nitrogen and oxygen atoms in total. The number of halogens is 1. The Morgan fingerprint density at radius 2 is 1.78 bits per heavy atom. The van der Waals surface area contributed by atoms with Gasteiger partial charge in [-0.1, -0.05) is 0 Å². The van der Waals surface area contributed by atoms with Crippen molar-refractivity contribution < 1.29 is 14.3 Å². The fourth-order valence-corrected chi connectivity index (χ4v) is 2.57. The van der Waals surface area contributed by atoms with E-state index in [0.29, 0.717) is 10.6 Å². The van der Waals surface area contributed by atoms with Crippen LogP contribution in [0.5, 0.6) is 0 Å². The Balaban J connectivity index is 2.47.